The van der Waals surface area contributed by atoms with Crippen molar-refractivity contribution in [1.82, 2.24) is 10.3 Å². The van der Waals surface area contributed by atoms with E-state index in [1.165, 1.54) is 12.1 Å². The highest BCUT2D eigenvalue weighted by atomic mass is 19.4. The molecule has 1 heterocycles. The normalized spacial score (nSPS) is 12.1. The van der Waals surface area contributed by atoms with Gasteiger partial charge in [0.15, 0.2) is 6.61 Å². The molecule has 0 aliphatic carbocycles. The van der Waals surface area contributed by atoms with Crippen molar-refractivity contribution in [3.05, 3.63) is 89.7 Å². The number of carbonyl (C=O) groups is 1. The largest absolute Gasteiger partial charge is 0.487 e. The number of halogens is 3. The SMILES string of the molecule is CC(NC(=O)COc1ccc(C(F)(F)F)cc1)c1cncc(OCc2ccccc2)c1. The summed E-state index contributed by atoms with van der Waals surface area (Å²) in [5.41, 5.74) is 0.989. The summed E-state index contributed by atoms with van der Waals surface area (Å²) in [6, 6.07) is 15.3. The van der Waals surface area contributed by atoms with Crippen molar-refractivity contribution in [2.24, 2.45) is 0 Å². The number of carbonyl (C=O) groups excluding carboxylic acids is 1. The fourth-order valence-electron chi connectivity index (χ4n) is 2.75. The van der Waals surface area contributed by atoms with Crippen LogP contribution in [0.4, 0.5) is 13.2 Å². The standard InChI is InChI=1S/C23H21F3N2O3/c1-16(18-11-21(13-27-12-18)30-14-17-5-3-2-4-6-17)28-22(29)15-31-20-9-7-19(8-10-20)23(24,25)26/h2-13,16H,14-15H2,1H3,(H,28,29). The molecule has 1 unspecified atom stereocenters. The first-order chi connectivity index (χ1) is 14.8. The van der Waals surface area contributed by atoms with E-state index in [0.717, 1.165) is 23.3 Å². The van der Waals surface area contributed by atoms with Crippen LogP contribution >= 0.6 is 0 Å². The number of rotatable bonds is 8. The van der Waals surface area contributed by atoms with Gasteiger partial charge in [0.1, 0.15) is 18.1 Å². The molecule has 0 aliphatic heterocycles. The molecule has 0 spiro atoms. The molecule has 162 valence electrons. The van der Waals surface area contributed by atoms with Gasteiger partial charge in [0.05, 0.1) is 17.8 Å². The molecule has 1 aromatic heterocycles. The van der Waals surface area contributed by atoms with Crippen LogP contribution in [0.1, 0.15) is 29.7 Å². The third-order valence-electron chi connectivity index (χ3n) is 4.41. The molecule has 2 aromatic carbocycles. The van der Waals surface area contributed by atoms with Crippen LogP contribution in [0.5, 0.6) is 11.5 Å². The number of nitrogens with one attached hydrogen (secondary N) is 1. The van der Waals surface area contributed by atoms with Crippen molar-refractivity contribution in [2.45, 2.75) is 25.7 Å². The highest BCUT2D eigenvalue weighted by Crippen LogP contribution is 2.30. The number of amides is 1. The number of aromatic nitrogens is 1. The van der Waals surface area contributed by atoms with E-state index in [0.29, 0.717) is 12.4 Å². The highest BCUT2D eigenvalue weighted by Gasteiger charge is 2.30. The van der Waals surface area contributed by atoms with E-state index >= 15 is 0 Å². The Morgan fingerprint density at radius 1 is 1.00 bits per heavy atom. The van der Waals surface area contributed by atoms with Crippen LogP contribution in [0.2, 0.25) is 0 Å². The molecule has 3 rings (SSSR count). The molecule has 0 bridgehead atoms. The molecule has 3 aromatic rings. The molecule has 31 heavy (non-hydrogen) atoms. The first-order valence-electron chi connectivity index (χ1n) is 9.52. The lowest BCUT2D eigenvalue weighted by Gasteiger charge is -2.16. The molecule has 0 saturated carbocycles. The quantitative estimate of drug-likeness (QED) is 0.550. The van der Waals surface area contributed by atoms with Gasteiger partial charge in [-0.2, -0.15) is 13.2 Å². The lowest BCUT2D eigenvalue weighted by atomic mass is 10.1. The molecular weight excluding hydrogens is 409 g/mol. The van der Waals surface area contributed by atoms with E-state index in [9.17, 15) is 18.0 Å². The number of alkyl halides is 3. The smallest absolute Gasteiger partial charge is 0.416 e. The van der Waals surface area contributed by atoms with Crippen molar-refractivity contribution in [3.63, 3.8) is 0 Å². The lowest BCUT2D eigenvalue weighted by molar-refractivity contribution is -0.137. The Morgan fingerprint density at radius 2 is 1.71 bits per heavy atom. The van der Waals surface area contributed by atoms with Crippen LogP contribution in [0, 0.1) is 0 Å². The molecule has 0 aliphatic rings. The summed E-state index contributed by atoms with van der Waals surface area (Å²) in [5.74, 6) is 0.334. The van der Waals surface area contributed by atoms with Gasteiger partial charge in [-0.3, -0.25) is 9.78 Å². The van der Waals surface area contributed by atoms with Crippen molar-refractivity contribution < 1.29 is 27.4 Å². The third kappa shape index (κ3) is 6.74. The zero-order chi connectivity index (χ0) is 22.3. The van der Waals surface area contributed by atoms with Crippen LogP contribution in [0.3, 0.4) is 0 Å². The number of nitrogens with zero attached hydrogens (tertiary/aromatic N) is 1. The molecule has 5 nitrogen and oxygen atoms in total. The Labute approximate surface area is 177 Å². The molecule has 8 heteroatoms. The number of benzene rings is 2. The topological polar surface area (TPSA) is 60.5 Å². The number of hydrogen-bond acceptors (Lipinski definition) is 4. The van der Waals surface area contributed by atoms with E-state index in [1.54, 1.807) is 25.4 Å². The van der Waals surface area contributed by atoms with E-state index in [4.69, 9.17) is 9.47 Å². The van der Waals surface area contributed by atoms with Crippen molar-refractivity contribution in [2.75, 3.05) is 6.61 Å². The minimum absolute atomic E-state index is 0.175. The average molecular weight is 430 g/mol. The lowest BCUT2D eigenvalue weighted by Crippen LogP contribution is -2.31. The van der Waals surface area contributed by atoms with Gasteiger partial charge in [0, 0.05) is 6.20 Å². The summed E-state index contributed by atoms with van der Waals surface area (Å²) >= 11 is 0. The summed E-state index contributed by atoms with van der Waals surface area (Å²) in [7, 11) is 0. The first kappa shape index (κ1) is 22.1. The van der Waals surface area contributed by atoms with Crippen LogP contribution in [0.15, 0.2) is 73.1 Å². The molecule has 0 fully saturated rings. The van der Waals surface area contributed by atoms with Gasteiger partial charge in [-0.25, -0.2) is 0 Å². The molecular formula is C23H21F3N2O3. The Bertz CT molecular complexity index is 993. The maximum absolute atomic E-state index is 12.6. The number of ether oxygens (including phenoxy) is 2. The monoisotopic (exact) mass is 430 g/mol. The second kappa shape index (κ2) is 9.97. The highest BCUT2D eigenvalue weighted by molar-refractivity contribution is 5.78. The Hall–Kier alpha value is -3.55. The molecule has 1 atom stereocenters. The van der Waals surface area contributed by atoms with Crippen molar-refractivity contribution in [3.8, 4) is 11.5 Å². The summed E-state index contributed by atoms with van der Waals surface area (Å²) < 4.78 is 48.8. The Balaban J connectivity index is 1.50. The molecule has 0 radical (unpaired) electrons. The fraction of sp³-hybridized carbons (Fsp3) is 0.217. The zero-order valence-electron chi connectivity index (χ0n) is 16.7. The second-order valence-electron chi connectivity index (χ2n) is 6.83. The minimum Gasteiger partial charge on any atom is -0.487 e. The summed E-state index contributed by atoms with van der Waals surface area (Å²) in [4.78, 5) is 16.3. The third-order valence-corrected chi connectivity index (χ3v) is 4.41. The van der Waals surface area contributed by atoms with Gasteiger partial charge in [0.2, 0.25) is 0 Å². The van der Waals surface area contributed by atoms with Gasteiger partial charge in [0.25, 0.3) is 5.91 Å². The van der Waals surface area contributed by atoms with Crippen LogP contribution in [-0.2, 0) is 17.6 Å². The maximum Gasteiger partial charge on any atom is 0.416 e. The van der Waals surface area contributed by atoms with Crippen LogP contribution < -0.4 is 14.8 Å². The maximum atomic E-state index is 12.6. The zero-order valence-corrected chi connectivity index (χ0v) is 16.7. The Kier molecular flexibility index (Phi) is 7.12. The second-order valence-corrected chi connectivity index (χ2v) is 6.83. The van der Waals surface area contributed by atoms with Gasteiger partial charge >= 0.3 is 6.18 Å². The minimum atomic E-state index is -4.42. The molecule has 0 saturated heterocycles. The Morgan fingerprint density at radius 3 is 2.39 bits per heavy atom. The van der Waals surface area contributed by atoms with Crippen molar-refractivity contribution >= 4 is 5.91 Å². The number of pyridine rings is 1. The fourth-order valence-corrected chi connectivity index (χ4v) is 2.75. The summed E-state index contributed by atoms with van der Waals surface area (Å²) in [5, 5.41) is 2.76. The van der Waals surface area contributed by atoms with Gasteiger partial charge < -0.3 is 14.8 Å². The average Bonchev–Trinajstić information content (AvgIpc) is 2.77. The number of hydrogen-bond donors (Lipinski definition) is 1. The van der Waals surface area contributed by atoms with E-state index in [1.807, 2.05) is 30.3 Å². The van der Waals surface area contributed by atoms with E-state index in [2.05, 4.69) is 10.3 Å². The van der Waals surface area contributed by atoms with Gasteiger partial charge in [-0.1, -0.05) is 30.3 Å². The van der Waals surface area contributed by atoms with Gasteiger partial charge in [-0.05, 0) is 48.4 Å². The first-order valence-corrected chi connectivity index (χ1v) is 9.52. The summed E-state index contributed by atoms with van der Waals surface area (Å²) in [6.07, 6.45) is -1.20. The van der Waals surface area contributed by atoms with Crippen molar-refractivity contribution in [1.29, 1.82) is 0 Å². The predicted octanol–water partition coefficient (Wildman–Crippen LogP) is 4.94. The van der Waals surface area contributed by atoms with E-state index in [-0.39, 0.29) is 18.4 Å². The van der Waals surface area contributed by atoms with Crippen LogP contribution in [0.25, 0.3) is 0 Å². The van der Waals surface area contributed by atoms with E-state index < -0.39 is 17.6 Å². The molecule has 1 N–H and O–H groups in total. The summed E-state index contributed by atoms with van der Waals surface area (Å²) in [6.45, 7) is 1.86. The predicted molar refractivity (Wildman–Crippen MR) is 109 cm³/mol. The van der Waals surface area contributed by atoms with Gasteiger partial charge in [-0.15, -0.1) is 0 Å². The molecule has 1 amide bonds. The van der Waals surface area contributed by atoms with Crippen LogP contribution in [-0.4, -0.2) is 17.5 Å².